The van der Waals surface area contributed by atoms with Crippen molar-refractivity contribution in [2.45, 2.75) is 44.4 Å². The number of hydrogen-bond acceptors (Lipinski definition) is 2. The molecule has 2 unspecified atom stereocenters. The van der Waals surface area contributed by atoms with Crippen LogP contribution in [-0.2, 0) is 10.8 Å². The van der Waals surface area contributed by atoms with Crippen molar-refractivity contribution in [2.75, 3.05) is 9.80 Å². The van der Waals surface area contributed by atoms with Crippen LogP contribution >= 0.6 is 0 Å². The van der Waals surface area contributed by atoms with Crippen molar-refractivity contribution in [2.24, 2.45) is 5.92 Å². The molecule has 8 aromatic rings. The highest BCUT2D eigenvalue weighted by molar-refractivity contribution is 5.86. The number of rotatable bonds is 8. The van der Waals surface area contributed by atoms with Crippen molar-refractivity contribution >= 4 is 34.1 Å². The zero-order chi connectivity index (χ0) is 42.0. The summed E-state index contributed by atoms with van der Waals surface area (Å²) in [6.45, 7) is 9.50. The molecule has 0 aliphatic heterocycles. The van der Waals surface area contributed by atoms with Gasteiger partial charge in [-0.3, -0.25) is 0 Å². The number of para-hydroxylation sites is 2. The summed E-state index contributed by atoms with van der Waals surface area (Å²) in [7, 11) is 0. The van der Waals surface area contributed by atoms with Gasteiger partial charge in [-0.25, -0.2) is 0 Å². The molecule has 2 nitrogen and oxygen atoms in total. The molecule has 300 valence electrons. The van der Waals surface area contributed by atoms with Gasteiger partial charge in [-0.15, -0.1) is 0 Å². The number of nitrogens with zero attached hydrogens (tertiary/aromatic N) is 2. The Bertz CT molecular complexity index is 2990. The van der Waals surface area contributed by atoms with Gasteiger partial charge in [0, 0.05) is 45.5 Å². The Morgan fingerprint density at radius 1 is 0.355 bits per heavy atom. The normalized spacial score (nSPS) is 17.2. The smallest absolute Gasteiger partial charge is 0.0465 e. The molecule has 2 atom stereocenters. The van der Waals surface area contributed by atoms with E-state index in [1.54, 1.807) is 0 Å². The fourth-order valence-electron chi connectivity index (χ4n) is 10.6. The molecule has 0 N–H and O–H groups in total. The molecule has 62 heavy (non-hydrogen) atoms. The number of fused-ring (bicyclic) bond motifs is 6. The SMILES string of the molecule is CC1(C)c2ccccc2-c2ccc(N(c3ccccc3)c3ccc(-c4ccc(-c5ccc(N(c6ccccc6)c6ccc7c(c6)C(C)(C)C6C=CC=CC76)cc5)cc4)cc3)cc21. The lowest BCUT2D eigenvalue weighted by Crippen LogP contribution is -2.24. The number of anilines is 6. The lowest BCUT2D eigenvalue weighted by molar-refractivity contribution is 0.394. The van der Waals surface area contributed by atoms with Crippen molar-refractivity contribution in [3.05, 3.63) is 241 Å². The molecular weight excluding hydrogens is 749 g/mol. The average molecular weight is 799 g/mol. The van der Waals surface area contributed by atoms with Crippen LogP contribution in [0.4, 0.5) is 34.1 Å². The second-order valence-corrected chi connectivity index (χ2v) is 18.2. The van der Waals surface area contributed by atoms with Gasteiger partial charge in [0.1, 0.15) is 0 Å². The van der Waals surface area contributed by atoms with E-state index in [4.69, 9.17) is 0 Å². The van der Waals surface area contributed by atoms with E-state index in [-0.39, 0.29) is 10.8 Å². The van der Waals surface area contributed by atoms with Crippen LogP contribution in [0.15, 0.2) is 218 Å². The summed E-state index contributed by atoms with van der Waals surface area (Å²) in [5, 5.41) is 0. The number of allylic oxidation sites excluding steroid dienone is 4. The average Bonchev–Trinajstić information content (AvgIpc) is 3.69. The standard InChI is InChI=1S/C60H50N2/c1-59(2)55-21-13-11-19-51(55)53-37-35-49(39-57(53)59)61(45-15-7-5-8-16-45)47-31-27-43(28-32-47)41-23-25-42(26-24-41)44-29-33-48(34-30-44)62(46-17-9-6-10-18-46)50-36-38-54-52-20-12-14-22-56(52)60(3,4)58(54)40-50/h5-40,51,55H,1-4H3. The first-order valence-electron chi connectivity index (χ1n) is 22.0. The van der Waals surface area contributed by atoms with Gasteiger partial charge in [-0.05, 0) is 140 Å². The van der Waals surface area contributed by atoms with Crippen LogP contribution in [0.2, 0.25) is 0 Å². The highest BCUT2D eigenvalue weighted by Gasteiger charge is 2.44. The molecule has 0 saturated heterocycles. The highest BCUT2D eigenvalue weighted by atomic mass is 15.1. The molecule has 3 aliphatic rings. The first kappa shape index (κ1) is 37.8. The third-order valence-corrected chi connectivity index (χ3v) is 14.0. The molecule has 0 bridgehead atoms. The minimum Gasteiger partial charge on any atom is -0.310 e. The Labute approximate surface area is 366 Å². The van der Waals surface area contributed by atoms with Gasteiger partial charge < -0.3 is 9.80 Å². The van der Waals surface area contributed by atoms with Crippen LogP contribution in [0.3, 0.4) is 0 Å². The van der Waals surface area contributed by atoms with Crippen molar-refractivity contribution < 1.29 is 0 Å². The Kier molecular flexibility index (Phi) is 9.02. The lowest BCUT2D eigenvalue weighted by Gasteiger charge is -2.30. The van der Waals surface area contributed by atoms with E-state index in [0.717, 1.165) is 28.4 Å². The van der Waals surface area contributed by atoms with E-state index in [9.17, 15) is 0 Å². The summed E-state index contributed by atoms with van der Waals surface area (Å²) >= 11 is 0. The molecule has 8 aromatic carbocycles. The van der Waals surface area contributed by atoms with Crippen LogP contribution in [0.25, 0.3) is 33.4 Å². The number of benzene rings is 8. The van der Waals surface area contributed by atoms with Crippen molar-refractivity contribution in [1.29, 1.82) is 0 Å². The van der Waals surface area contributed by atoms with Crippen LogP contribution in [-0.4, -0.2) is 0 Å². The Balaban J connectivity index is 0.863. The van der Waals surface area contributed by atoms with E-state index in [1.165, 1.54) is 61.3 Å². The maximum atomic E-state index is 2.44. The monoisotopic (exact) mass is 798 g/mol. The quantitative estimate of drug-likeness (QED) is 0.151. The van der Waals surface area contributed by atoms with Crippen LogP contribution < -0.4 is 9.80 Å². The molecule has 2 heteroatoms. The van der Waals surface area contributed by atoms with Gasteiger partial charge in [-0.1, -0.05) is 173 Å². The van der Waals surface area contributed by atoms with E-state index >= 15 is 0 Å². The highest BCUT2D eigenvalue weighted by Crippen LogP contribution is 2.54. The second-order valence-electron chi connectivity index (χ2n) is 18.2. The molecule has 0 spiro atoms. The van der Waals surface area contributed by atoms with E-state index in [2.05, 4.69) is 256 Å². The fourth-order valence-corrected chi connectivity index (χ4v) is 10.6. The molecule has 3 aliphatic carbocycles. The first-order chi connectivity index (χ1) is 30.3. The van der Waals surface area contributed by atoms with Gasteiger partial charge in [-0.2, -0.15) is 0 Å². The maximum absolute atomic E-state index is 2.44. The first-order valence-corrected chi connectivity index (χ1v) is 22.0. The minimum atomic E-state index is -0.0692. The summed E-state index contributed by atoms with van der Waals surface area (Å²) in [4.78, 5) is 4.77. The predicted octanol–water partition coefficient (Wildman–Crippen LogP) is 16.4. The summed E-state index contributed by atoms with van der Waals surface area (Å²) in [5.41, 5.74) is 20.0. The molecule has 0 heterocycles. The minimum absolute atomic E-state index is 0.0499. The van der Waals surface area contributed by atoms with Crippen molar-refractivity contribution in [3.8, 4) is 33.4 Å². The molecule has 0 amide bonds. The summed E-state index contributed by atoms with van der Waals surface area (Å²) in [6.07, 6.45) is 9.20. The van der Waals surface area contributed by atoms with Gasteiger partial charge >= 0.3 is 0 Å². The molecule has 0 radical (unpaired) electrons. The van der Waals surface area contributed by atoms with Crippen molar-refractivity contribution in [3.63, 3.8) is 0 Å². The van der Waals surface area contributed by atoms with Gasteiger partial charge in [0.05, 0.1) is 0 Å². The fraction of sp³-hybridized carbons (Fsp3) is 0.133. The maximum Gasteiger partial charge on any atom is 0.0465 e. The summed E-state index contributed by atoms with van der Waals surface area (Å²) < 4.78 is 0. The Morgan fingerprint density at radius 2 is 0.774 bits per heavy atom. The Morgan fingerprint density at radius 3 is 1.34 bits per heavy atom. The topological polar surface area (TPSA) is 6.48 Å². The summed E-state index contributed by atoms with van der Waals surface area (Å²) in [5.74, 6) is 0.915. The van der Waals surface area contributed by atoms with Gasteiger partial charge in [0.15, 0.2) is 0 Å². The Hall–Kier alpha value is -7.16. The molecular formula is C60H50N2. The zero-order valence-electron chi connectivity index (χ0n) is 35.8. The molecule has 11 rings (SSSR count). The van der Waals surface area contributed by atoms with E-state index in [0.29, 0.717) is 11.8 Å². The van der Waals surface area contributed by atoms with Crippen LogP contribution in [0.5, 0.6) is 0 Å². The van der Waals surface area contributed by atoms with E-state index in [1.807, 2.05) is 0 Å². The van der Waals surface area contributed by atoms with Crippen LogP contribution in [0, 0.1) is 5.92 Å². The molecule has 0 saturated carbocycles. The van der Waals surface area contributed by atoms with E-state index < -0.39 is 0 Å². The van der Waals surface area contributed by atoms with Gasteiger partial charge in [0.25, 0.3) is 0 Å². The zero-order valence-corrected chi connectivity index (χ0v) is 35.8. The third-order valence-electron chi connectivity index (χ3n) is 14.0. The molecule has 0 aromatic heterocycles. The van der Waals surface area contributed by atoms with Crippen molar-refractivity contribution in [1.82, 2.24) is 0 Å². The predicted molar refractivity (Wildman–Crippen MR) is 262 cm³/mol. The van der Waals surface area contributed by atoms with Gasteiger partial charge in [0.2, 0.25) is 0 Å². The second kappa shape index (κ2) is 14.8. The number of hydrogen-bond donors (Lipinski definition) is 0. The largest absolute Gasteiger partial charge is 0.310 e. The third kappa shape index (κ3) is 6.24. The lowest BCUT2D eigenvalue weighted by atomic mass is 9.74. The molecule has 0 fully saturated rings. The van der Waals surface area contributed by atoms with Crippen LogP contribution in [0.1, 0.15) is 55.9 Å². The summed E-state index contributed by atoms with van der Waals surface area (Å²) in [6, 6.07) is 71.4.